The first-order valence-electron chi connectivity index (χ1n) is 5.46. The first kappa shape index (κ1) is 13.3. The van der Waals surface area contributed by atoms with E-state index in [2.05, 4.69) is 0 Å². The molecule has 17 heavy (non-hydrogen) atoms. The molecule has 0 aromatic heterocycles. The molecule has 5 N–H and O–H groups in total. The van der Waals surface area contributed by atoms with Crippen LogP contribution >= 0.6 is 0 Å². The van der Waals surface area contributed by atoms with E-state index in [1.54, 1.807) is 0 Å². The van der Waals surface area contributed by atoms with Gasteiger partial charge in [0.05, 0.1) is 0 Å². The van der Waals surface area contributed by atoms with Crippen molar-refractivity contribution in [1.82, 2.24) is 0 Å². The van der Waals surface area contributed by atoms with Crippen molar-refractivity contribution in [2.75, 3.05) is 0 Å². The number of benzene rings is 1. The molecular weight excluding hydrogens is 222 g/mol. The maximum absolute atomic E-state index is 10.7. The molecule has 0 spiro atoms. The van der Waals surface area contributed by atoms with Gasteiger partial charge in [-0.3, -0.25) is 4.79 Å². The van der Waals surface area contributed by atoms with Crippen LogP contribution in [0.5, 0.6) is 11.5 Å². The molecule has 1 aromatic carbocycles. The SMILES string of the molecule is CCC(CC(N)C(=O)O)c1c(O)cccc1O. The number of nitrogens with two attached hydrogens (primary N) is 1. The van der Waals surface area contributed by atoms with E-state index in [0.717, 1.165) is 0 Å². The van der Waals surface area contributed by atoms with Gasteiger partial charge < -0.3 is 21.1 Å². The molecule has 1 rings (SSSR count). The topological polar surface area (TPSA) is 104 Å². The zero-order valence-electron chi connectivity index (χ0n) is 9.63. The van der Waals surface area contributed by atoms with Gasteiger partial charge >= 0.3 is 5.97 Å². The van der Waals surface area contributed by atoms with Gasteiger partial charge in [-0.05, 0) is 30.9 Å². The molecule has 5 heteroatoms. The number of phenolic OH excluding ortho intramolecular Hbond substituents is 2. The third-order valence-electron chi connectivity index (χ3n) is 2.82. The molecule has 0 heterocycles. The number of carbonyl (C=O) groups is 1. The van der Waals surface area contributed by atoms with Crippen molar-refractivity contribution in [3.63, 3.8) is 0 Å². The van der Waals surface area contributed by atoms with Crippen molar-refractivity contribution >= 4 is 5.97 Å². The molecule has 0 aliphatic carbocycles. The van der Waals surface area contributed by atoms with Crippen LogP contribution in [-0.2, 0) is 4.79 Å². The highest BCUT2D eigenvalue weighted by Crippen LogP contribution is 2.37. The minimum atomic E-state index is -1.08. The molecule has 0 fully saturated rings. The highest BCUT2D eigenvalue weighted by Gasteiger charge is 2.23. The van der Waals surface area contributed by atoms with Gasteiger partial charge in [0.1, 0.15) is 17.5 Å². The molecule has 0 aliphatic heterocycles. The molecule has 94 valence electrons. The number of aliphatic carboxylic acids is 1. The molecule has 0 saturated heterocycles. The fourth-order valence-electron chi connectivity index (χ4n) is 1.86. The van der Waals surface area contributed by atoms with Crippen LogP contribution in [0.4, 0.5) is 0 Å². The van der Waals surface area contributed by atoms with Crippen molar-refractivity contribution < 1.29 is 20.1 Å². The summed E-state index contributed by atoms with van der Waals surface area (Å²) in [4.78, 5) is 10.7. The summed E-state index contributed by atoms with van der Waals surface area (Å²) in [6.45, 7) is 1.85. The van der Waals surface area contributed by atoms with E-state index in [1.165, 1.54) is 18.2 Å². The van der Waals surface area contributed by atoms with E-state index in [-0.39, 0.29) is 23.8 Å². The second-order valence-electron chi connectivity index (χ2n) is 4.00. The Morgan fingerprint density at radius 2 is 1.88 bits per heavy atom. The average Bonchev–Trinajstić information content (AvgIpc) is 2.26. The lowest BCUT2D eigenvalue weighted by atomic mass is 9.89. The van der Waals surface area contributed by atoms with Crippen LogP contribution in [-0.4, -0.2) is 27.3 Å². The van der Waals surface area contributed by atoms with Crippen LogP contribution in [0.15, 0.2) is 18.2 Å². The molecule has 0 radical (unpaired) electrons. The number of carboxylic acids is 1. The molecule has 1 aromatic rings. The molecule has 0 amide bonds. The summed E-state index contributed by atoms with van der Waals surface area (Å²) in [6.07, 6.45) is 0.767. The van der Waals surface area contributed by atoms with Crippen LogP contribution in [0.3, 0.4) is 0 Å². The molecule has 5 nitrogen and oxygen atoms in total. The molecule has 0 aliphatic rings. The van der Waals surface area contributed by atoms with Gasteiger partial charge in [-0.1, -0.05) is 13.0 Å². The molecule has 2 atom stereocenters. The van der Waals surface area contributed by atoms with Gasteiger partial charge in [0, 0.05) is 5.56 Å². The van der Waals surface area contributed by atoms with Crippen molar-refractivity contribution in [2.45, 2.75) is 31.7 Å². The Balaban J connectivity index is 2.98. The number of phenols is 2. The maximum Gasteiger partial charge on any atom is 0.320 e. The minimum absolute atomic E-state index is 0.0329. The zero-order valence-corrected chi connectivity index (χ0v) is 9.63. The Hall–Kier alpha value is -1.75. The van der Waals surface area contributed by atoms with Crippen LogP contribution in [0.2, 0.25) is 0 Å². The summed E-state index contributed by atoms with van der Waals surface area (Å²) >= 11 is 0. The second-order valence-corrected chi connectivity index (χ2v) is 4.00. The largest absolute Gasteiger partial charge is 0.508 e. The van der Waals surface area contributed by atoms with E-state index >= 15 is 0 Å². The zero-order chi connectivity index (χ0) is 13.0. The van der Waals surface area contributed by atoms with Crippen LogP contribution in [0.25, 0.3) is 0 Å². The lowest BCUT2D eigenvalue weighted by Gasteiger charge is -2.19. The smallest absolute Gasteiger partial charge is 0.320 e. The van der Waals surface area contributed by atoms with Crippen molar-refractivity contribution in [1.29, 1.82) is 0 Å². The lowest BCUT2D eigenvalue weighted by molar-refractivity contribution is -0.138. The summed E-state index contributed by atoms with van der Waals surface area (Å²) in [6, 6.07) is 3.45. The van der Waals surface area contributed by atoms with Gasteiger partial charge in [-0.15, -0.1) is 0 Å². The number of carboxylic acid groups (broad SMARTS) is 1. The van der Waals surface area contributed by atoms with E-state index in [1.807, 2.05) is 6.92 Å². The van der Waals surface area contributed by atoms with Crippen LogP contribution < -0.4 is 5.73 Å². The van der Waals surface area contributed by atoms with Gasteiger partial charge in [0.25, 0.3) is 0 Å². The second kappa shape index (κ2) is 5.54. The van der Waals surface area contributed by atoms with Crippen LogP contribution in [0.1, 0.15) is 31.2 Å². The summed E-state index contributed by atoms with van der Waals surface area (Å²) in [5.41, 5.74) is 5.83. The molecule has 2 unspecified atom stereocenters. The quantitative estimate of drug-likeness (QED) is 0.621. The first-order valence-corrected chi connectivity index (χ1v) is 5.46. The van der Waals surface area contributed by atoms with E-state index < -0.39 is 12.0 Å². The van der Waals surface area contributed by atoms with Gasteiger partial charge in [-0.2, -0.15) is 0 Å². The highest BCUT2D eigenvalue weighted by atomic mass is 16.4. The summed E-state index contributed by atoms with van der Waals surface area (Å²) < 4.78 is 0. The van der Waals surface area contributed by atoms with E-state index in [4.69, 9.17) is 10.8 Å². The maximum atomic E-state index is 10.7. The Labute approximate surface area is 99.5 Å². The number of hydrogen-bond donors (Lipinski definition) is 4. The lowest BCUT2D eigenvalue weighted by Crippen LogP contribution is -2.31. The number of aromatic hydroxyl groups is 2. The summed E-state index contributed by atoms with van der Waals surface area (Å²) in [5, 5.41) is 28.2. The summed E-state index contributed by atoms with van der Waals surface area (Å²) in [7, 11) is 0. The fraction of sp³-hybridized carbons (Fsp3) is 0.417. The standard InChI is InChI=1S/C12H17NO4/c1-2-7(6-8(13)12(16)17)11-9(14)4-3-5-10(11)15/h3-5,7-8,14-15H,2,6,13H2,1H3,(H,16,17). The Kier molecular flexibility index (Phi) is 4.34. The fourth-order valence-corrected chi connectivity index (χ4v) is 1.86. The van der Waals surface area contributed by atoms with E-state index in [9.17, 15) is 15.0 Å². The third-order valence-corrected chi connectivity index (χ3v) is 2.82. The first-order chi connectivity index (χ1) is 7.97. The Morgan fingerprint density at radius 3 is 2.29 bits per heavy atom. The van der Waals surface area contributed by atoms with Gasteiger partial charge in [-0.25, -0.2) is 0 Å². The molecule has 0 saturated carbocycles. The molecular formula is C12H17NO4. The van der Waals surface area contributed by atoms with Crippen LogP contribution in [0, 0.1) is 0 Å². The predicted molar refractivity (Wildman–Crippen MR) is 63.0 cm³/mol. The molecule has 0 bridgehead atoms. The number of hydrogen-bond acceptors (Lipinski definition) is 4. The number of rotatable bonds is 5. The summed E-state index contributed by atoms with van der Waals surface area (Å²) in [5.74, 6) is -1.43. The predicted octanol–water partition coefficient (Wildman–Crippen LogP) is 1.39. The van der Waals surface area contributed by atoms with Gasteiger partial charge in [0.15, 0.2) is 0 Å². The van der Waals surface area contributed by atoms with Crippen molar-refractivity contribution in [3.05, 3.63) is 23.8 Å². The highest BCUT2D eigenvalue weighted by molar-refractivity contribution is 5.73. The monoisotopic (exact) mass is 239 g/mol. The average molecular weight is 239 g/mol. The van der Waals surface area contributed by atoms with Crippen molar-refractivity contribution in [3.8, 4) is 11.5 Å². The van der Waals surface area contributed by atoms with Crippen molar-refractivity contribution in [2.24, 2.45) is 5.73 Å². The normalized spacial score (nSPS) is 14.2. The minimum Gasteiger partial charge on any atom is -0.508 e. The third kappa shape index (κ3) is 3.10. The van der Waals surface area contributed by atoms with Gasteiger partial charge in [0.2, 0.25) is 0 Å². The Bertz CT molecular complexity index is 385. The van der Waals surface area contributed by atoms with E-state index in [0.29, 0.717) is 12.0 Å². The Morgan fingerprint density at radius 1 is 1.35 bits per heavy atom.